The standard InChI is InChI=1S/C13H18FN3O3S/c14-10-6-3-7-11(15)13(10)21(19,20)17(8-12(16)18)9-4-1-2-5-9/h3,6-7,9H,1-2,4-5,8,15H2,(H2,16,18). The van der Waals surface area contributed by atoms with Gasteiger partial charge in [0, 0.05) is 6.04 Å². The van der Waals surface area contributed by atoms with Gasteiger partial charge in [0.05, 0.1) is 12.2 Å². The van der Waals surface area contributed by atoms with Crippen molar-refractivity contribution in [1.29, 1.82) is 0 Å². The van der Waals surface area contributed by atoms with E-state index < -0.39 is 33.2 Å². The minimum Gasteiger partial charge on any atom is -0.398 e. The zero-order chi connectivity index (χ0) is 15.6. The Balaban J connectivity index is 2.48. The number of hydrogen-bond acceptors (Lipinski definition) is 4. The van der Waals surface area contributed by atoms with Crippen molar-refractivity contribution < 1.29 is 17.6 Å². The number of sulfonamides is 1. The molecule has 8 heteroatoms. The van der Waals surface area contributed by atoms with Crippen LogP contribution in [0.25, 0.3) is 0 Å². The molecule has 116 valence electrons. The van der Waals surface area contributed by atoms with Crippen molar-refractivity contribution in [3.63, 3.8) is 0 Å². The second-order valence-electron chi connectivity index (χ2n) is 5.11. The average molecular weight is 315 g/mol. The molecule has 0 bridgehead atoms. The Bertz CT molecular complexity index is 622. The van der Waals surface area contributed by atoms with Crippen molar-refractivity contribution in [2.75, 3.05) is 12.3 Å². The van der Waals surface area contributed by atoms with Gasteiger partial charge in [-0.1, -0.05) is 18.9 Å². The van der Waals surface area contributed by atoms with Gasteiger partial charge in [-0.15, -0.1) is 0 Å². The summed E-state index contributed by atoms with van der Waals surface area (Å²) in [6.07, 6.45) is 2.98. The molecule has 1 saturated carbocycles. The molecule has 1 aromatic carbocycles. The van der Waals surface area contributed by atoms with Crippen LogP contribution in [-0.4, -0.2) is 31.2 Å². The number of benzene rings is 1. The number of nitrogen functional groups attached to an aromatic ring is 1. The molecule has 21 heavy (non-hydrogen) atoms. The predicted molar refractivity (Wildman–Crippen MR) is 76.2 cm³/mol. The fraction of sp³-hybridized carbons (Fsp3) is 0.462. The van der Waals surface area contributed by atoms with Crippen molar-refractivity contribution in [3.05, 3.63) is 24.0 Å². The van der Waals surface area contributed by atoms with E-state index in [0.29, 0.717) is 12.8 Å². The van der Waals surface area contributed by atoms with Crippen LogP contribution in [0.3, 0.4) is 0 Å². The Labute approximate surface area is 123 Å². The van der Waals surface area contributed by atoms with E-state index in [0.717, 1.165) is 23.2 Å². The van der Waals surface area contributed by atoms with Crippen LogP contribution in [0.2, 0.25) is 0 Å². The molecular weight excluding hydrogens is 297 g/mol. The first kappa shape index (κ1) is 15.7. The molecule has 4 N–H and O–H groups in total. The summed E-state index contributed by atoms with van der Waals surface area (Å²) in [7, 11) is -4.21. The molecule has 1 aromatic rings. The number of carbonyl (C=O) groups excluding carboxylic acids is 1. The number of hydrogen-bond donors (Lipinski definition) is 2. The Hall–Kier alpha value is -1.67. The largest absolute Gasteiger partial charge is 0.398 e. The smallest absolute Gasteiger partial charge is 0.248 e. The highest BCUT2D eigenvalue weighted by molar-refractivity contribution is 7.89. The molecule has 1 aliphatic carbocycles. The van der Waals surface area contributed by atoms with Crippen molar-refractivity contribution in [2.24, 2.45) is 5.73 Å². The number of amides is 1. The number of anilines is 1. The minimum absolute atomic E-state index is 0.178. The van der Waals surface area contributed by atoms with Crippen LogP contribution >= 0.6 is 0 Å². The summed E-state index contributed by atoms with van der Waals surface area (Å²) >= 11 is 0. The highest BCUT2D eigenvalue weighted by atomic mass is 32.2. The third-order valence-corrected chi connectivity index (χ3v) is 5.60. The van der Waals surface area contributed by atoms with Gasteiger partial charge < -0.3 is 11.5 Å². The molecule has 1 fully saturated rings. The molecule has 2 rings (SSSR count). The van der Waals surface area contributed by atoms with Gasteiger partial charge in [-0.3, -0.25) is 4.79 Å². The van der Waals surface area contributed by atoms with Crippen LogP contribution in [-0.2, 0) is 14.8 Å². The Morgan fingerprint density at radius 3 is 2.48 bits per heavy atom. The minimum atomic E-state index is -4.21. The maximum Gasteiger partial charge on any atom is 0.248 e. The van der Waals surface area contributed by atoms with Gasteiger partial charge >= 0.3 is 0 Å². The summed E-state index contributed by atoms with van der Waals surface area (Å²) in [5.41, 5.74) is 10.6. The summed E-state index contributed by atoms with van der Waals surface area (Å²) < 4.78 is 40.3. The SMILES string of the molecule is NC(=O)CN(C1CCCC1)S(=O)(=O)c1c(N)cccc1F. The summed E-state index contributed by atoms with van der Waals surface area (Å²) in [5.74, 6) is -1.71. The second kappa shape index (κ2) is 5.98. The molecule has 1 aliphatic rings. The van der Waals surface area contributed by atoms with Gasteiger partial charge in [-0.2, -0.15) is 4.31 Å². The molecule has 1 amide bonds. The summed E-state index contributed by atoms with van der Waals surface area (Å²) in [6.45, 7) is -0.471. The molecular formula is C13H18FN3O3S. The number of halogens is 1. The lowest BCUT2D eigenvalue weighted by Crippen LogP contribution is -2.44. The van der Waals surface area contributed by atoms with E-state index >= 15 is 0 Å². The zero-order valence-corrected chi connectivity index (χ0v) is 12.3. The molecule has 0 aliphatic heterocycles. The first-order chi connectivity index (χ1) is 9.84. The number of rotatable bonds is 5. The molecule has 0 aromatic heterocycles. The van der Waals surface area contributed by atoms with E-state index in [1.807, 2.05) is 0 Å². The fourth-order valence-electron chi connectivity index (χ4n) is 2.67. The molecule has 0 saturated heterocycles. The fourth-order valence-corrected chi connectivity index (χ4v) is 4.49. The van der Waals surface area contributed by atoms with Crippen LogP contribution in [0.4, 0.5) is 10.1 Å². The van der Waals surface area contributed by atoms with Gasteiger partial charge in [0.15, 0.2) is 0 Å². The van der Waals surface area contributed by atoms with Crippen LogP contribution < -0.4 is 11.5 Å². The van der Waals surface area contributed by atoms with Gasteiger partial charge in [0.25, 0.3) is 0 Å². The quantitative estimate of drug-likeness (QED) is 0.785. The Morgan fingerprint density at radius 1 is 1.33 bits per heavy atom. The van der Waals surface area contributed by atoms with E-state index in [9.17, 15) is 17.6 Å². The summed E-state index contributed by atoms with van der Waals surface area (Å²) in [4.78, 5) is 10.6. The van der Waals surface area contributed by atoms with Crippen LogP contribution in [0, 0.1) is 5.82 Å². The van der Waals surface area contributed by atoms with Crippen LogP contribution in [0.5, 0.6) is 0 Å². The van der Waals surface area contributed by atoms with E-state index in [-0.39, 0.29) is 11.7 Å². The number of nitrogens with zero attached hydrogens (tertiary/aromatic N) is 1. The van der Waals surface area contributed by atoms with Gasteiger partial charge in [-0.05, 0) is 25.0 Å². The number of carbonyl (C=O) groups is 1. The van der Waals surface area contributed by atoms with Crippen LogP contribution in [0.1, 0.15) is 25.7 Å². The van der Waals surface area contributed by atoms with Crippen molar-refractivity contribution >= 4 is 21.6 Å². The number of nitrogens with two attached hydrogens (primary N) is 2. The predicted octanol–water partition coefficient (Wildman–Crippen LogP) is 0.826. The molecule has 0 unspecified atom stereocenters. The third kappa shape index (κ3) is 3.16. The highest BCUT2D eigenvalue weighted by Crippen LogP contribution is 2.31. The lowest BCUT2D eigenvalue weighted by atomic mass is 10.2. The van der Waals surface area contributed by atoms with Crippen molar-refractivity contribution in [3.8, 4) is 0 Å². The Kier molecular flexibility index (Phi) is 4.48. The van der Waals surface area contributed by atoms with E-state index in [1.54, 1.807) is 0 Å². The molecule has 0 heterocycles. The summed E-state index contributed by atoms with van der Waals surface area (Å²) in [5, 5.41) is 0. The van der Waals surface area contributed by atoms with E-state index in [1.165, 1.54) is 12.1 Å². The topological polar surface area (TPSA) is 106 Å². The lowest BCUT2D eigenvalue weighted by molar-refractivity contribution is -0.118. The first-order valence-electron chi connectivity index (χ1n) is 6.68. The van der Waals surface area contributed by atoms with Crippen molar-refractivity contribution in [1.82, 2.24) is 4.31 Å². The maximum absolute atomic E-state index is 13.9. The normalized spacial score (nSPS) is 16.5. The van der Waals surface area contributed by atoms with E-state index in [4.69, 9.17) is 11.5 Å². The molecule has 0 atom stereocenters. The third-order valence-electron chi connectivity index (χ3n) is 3.61. The summed E-state index contributed by atoms with van der Waals surface area (Å²) in [6, 6.07) is 3.33. The molecule has 6 nitrogen and oxygen atoms in total. The first-order valence-corrected chi connectivity index (χ1v) is 8.12. The van der Waals surface area contributed by atoms with E-state index in [2.05, 4.69) is 0 Å². The molecule has 0 spiro atoms. The monoisotopic (exact) mass is 315 g/mol. The van der Waals surface area contributed by atoms with Crippen LogP contribution in [0.15, 0.2) is 23.1 Å². The van der Waals surface area contributed by atoms with Gasteiger partial charge in [0.2, 0.25) is 15.9 Å². The Morgan fingerprint density at radius 2 is 1.95 bits per heavy atom. The molecule has 0 radical (unpaired) electrons. The lowest BCUT2D eigenvalue weighted by Gasteiger charge is -2.27. The van der Waals surface area contributed by atoms with Gasteiger partial charge in [0.1, 0.15) is 10.7 Å². The highest BCUT2D eigenvalue weighted by Gasteiger charge is 2.36. The average Bonchev–Trinajstić information content (AvgIpc) is 2.88. The van der Waals surface area contributed by atoms with Gasteiger partial charge in [-0.25, -0.2) is 12.8 Å². The maximum atomic E-state index is 13.9. The van der Waals surface area contributed by atoms with Crippen molar-refractivity contribution in [2.45, 2.75) is 36.6 Å². The zero-order valence-electron chi connectivity index (χ0n) is 11.5. The second-order valence-corrected chi connectivity index (χ2v) is 6.94. The number of primary amides is 1.